The summed E-state index contributed by atoms with van der Waals surface area (Å²) in [4.78, 5) is 36.1. The molecule has 0 spiro atoms. The summed E-state index contributed by atoms with van der Waals surface area (Å²) in [5.41, 5.74) is 0.669. The Morgan fingerprint density at radius 1 is 1.21 bits per heavy atom. The molecule has 2 aromatic carbocycles. The van der Waals surface area contributed by atoms with E-state index in [4.69, 9.17) is 16.3 Å². The number of carbonyl (C=O) groups is 3. The number of hydrogen-bond acceptors (Lipinski definition) is 4. The van der Waals surface area contributed by atoms with Gasteiger partial charge in [0.25, 0.3) is 11.8 Å². The molecule has 8 heteroatoms. The van der Waals surface area contributed by atoms with Crippen molar-refractivity contribution in [2.24, 2.45) is 0 Å². The third-order valence-electron chi connectivity index (χ3n) is 4.56. The number of urea groups is 1. The van der Waals surface area contributed by atoms with Gasteiger partial charge in [-0.15, -0.1) is 0 Å². The number of ether oxygens (including phenoxy) is 1. The van der Waals surface area contributed by atoms with Crippen LogP contribution in [0.3, 0.4) is 0 Å². The fourth-order valence-electron chi connectivity index (χ4n) is 2.89. The maximum Gasteiger partial charge on any atom is 0.322 e. The maximum atomic E-state index is 12.5. The summed E-state index contributed by atoms with van der Waals surface area (Å²) in [7, 11) is 0. The number of carbonyl (C=O) groups excluding carboxylic acids is 3. The van der Waals surface area contributed by atoms with Crippen molar-refractivity contribution in [2.45, 2.75) is 32.4 Å². The van der Waals surface area contributed by atoms with Crippen LogP contribution in [-0.4, -0.2) is 23.9 Å². The van der Waals surface area contributed by atoms with Gasteiger partial charge in [-0.3, -0.25) is 14.9 Å². The van der Waals surface area contributed by atoms with Gasteiger partial charge in [-0.2, -0.15) is 0 Å². The molecule has 1 heterocycles. The van der Waals surface area contributed by atoms with Gasteiger partial charge in [-0.25, -0.2) is 4.79 Å². The van der Waals surface area contributed by atoms with Crippen molar-refractivity contribution in [2.75, 3.05) is 5.32 Å². The SMILES string of the molecule is Cc1cc(Cl)ccc1O[C@H](C)C(=O)Nc1cccc([C@]2(C)NC(=O)NC2=O)c1. The molecule has 0 saturated carbocycles. The average Bonchev–Trinajstić information content (AvgIpc) is 2.90. The van der Waals surface area contributed by atoms with Crippen molar-refractivity contribution in [1.82, 2.24) is 10.6 Å². The Morgan fingerprint density at radius 2 is 1.96 bits per heavy atom. The van der Waals surface area contributed by atoms with Crippen LogP contribution in [0.15, 0.2) is 42.5 Å². The van der Waals surface area contributed by atoms with E-state index in [0.29, 0.717) is 22.0 Å². The molecule has 2 atom stereocenters. The molecule has 28 heavy (non-hydrogen) atoms. The molecular weight excluding hydrogens is 382 g/mol. The van der Waals surface area contributed by atoms with E-state index in [9.17, 15) is 14.4 Å². The molecule has 1 aliphatic heterocycles. The van der Waals surface area contributed by atoms with Crippen molar-refractivity contribution < 1.29 is 19.1 Å². The van der Waals surface area contributed by atoms with Crippen LogP contribution < -0.4 is 20.7 Å². The Morgan fingerprint density at radius 3 is 2.61 bits per heavy atom. The lowest BCUT2D eigenvalue weighted by atomic mass is 9.92. The zero-order valence-electron chi connectivity index (χ0n) is 15.6. The summed E-state index contributed by atoms with van der Waals surface area (Å²) in [5.74, 6) is -0.230. The quantitative estimate of drug-likeness (QED) is 0.670. The minimum absolute atomic E-state index is 0.350. The van der Waals surface area contributed by atoms with E-state index in [0.717, 1.165) is 5.56 Å². The number of benzene rings is 2. The third kappa shape index (κ3) is 3.94. The molecule has 146 valence electrons. The van der Waals surface area contributed by atoms with E-state index in [1.165, 1.54) is 0 Å². The topological polar surface area (TPSA) is 96.5 Å². The number of nitrogens with one attached hydrogen (secondary N) is 3. The van der Waals surface area contributed by atoms with E-state index >= 15 is 0 Å². The van der Waals surface area contributed by atoms with Gasteiger partial charge in [0.1, 0.15) is 11.3 Å². The van der Waals surface area contributed by atoms with E-state index in [1.54, 1.807) is 56.3 Å². The van der Waals surface area contributed by atoms with Gasteiger partial charge >= 0.3 is 6.03 Å². The van der Waals surface area contributed by atoms with Crippen molar-refractivity contribution in [3.63, 3.8) is 0 Å². The first-order valence-electron chi connectivity index (χ1n) is 8.67. The Balaban J connectivity index is 1.72. The number of aryl methyl sites for hydroxylation is 1. The zero-order chi connectivity index (χ0) is 20.5. The number of amides is 4. The largest absolute Gasteiger partial charge is 0.481 e. The molecule has 4 amide bonds. The molecule has 3 N–H and O–H groups in total. The standard InChI is InChI=1S/C20H20ClN3O4/c1-11-9-14(21)7-8-16(11)28-12(2)17(25)22-15-6-4-5-13(10-15)20(3)18(26)23-19(27)24-20/h4-10,12H,1-3H3,(H,22,25)(H2,23,24,26,27)/t12-,20+/m1/s1. The van der Waals surface area contributed by atoms with Gasteiger partial charge in [0.05, 0.1) is 0 Å². The van der Waals surface area contributed by atoms with E-state index in [-0.39, 0.29) is 5.91 Å². The van der Waals surface area contributed by atoms with E-state index < -0.39 is 23.6 Å². The smallest absolute Gasteiger partial charge is 0.322 e. The Bertz CT molecular complexity index is 962. The Hall–Kier alpha value is -3.06. The number of imide groups is 1. The van der Waals surface area contributed by atoms with Gasteiger partial charge in [0.15, 0.2) is 6.10 Å². The van der Waals surface area contributed by atoms with Crippen LogP contribution in [0.5, 0.6) is 5.75 Å². The highest BCUT2D eigenvalue weighted by molar-refractivity contribution is 6.30. The van der Waals surface area contributed by atoms with Gasteiger partial charge < -0.3 is 15.4 Å². The average molecular weight is 402 g/mol. The van der Waals surface area contributed by atoms with Gasteiger partial charge in [-0.05, 0) is 62.2 Å². The van der Waals surface area contributed by atoms with Crippen LogP contribution in [0.1, 0.15) is 25.0 Å². The monoisotopic (exact) mass is 401 g/mol. The molecule has 1 fully saturated rings. The minimum atomic E-state index is -1.19. The molecule has 0 bridgehead atoms. The van der Waals surface area contributed by atoms with Gasteiger partial charge in [0.2, 0.25) is 0 Å². The highest BCUT2D eigenvalue weighted by atomic mass is 35.5. The molecule has 3 rings (SSSR count). The normalized spacial score (nSPS) is 19.6. The summed E-state index contributed by atoms with van der Waals surface area (Å²) in [5, 5.41) is 8.17. The first kappa shape index (κ1) is 19.7. The lowest BCUT2D eigenvalue weighted by Crippen LogP contribution is -2.40. The van der Waals surface area contributed by atoms with Gasteiger partial charge in [0, 0.05) is 10.7 Å². The maximum absolute atomic E-state index is 12.5. The van der Waals surface area contributed by atoms with Crippen LogP contribution in [0, 0.1) is 6.92 Å². The third-order valence-corrected chi connectivity index (χ3v) is 4.80. The molecule has 0 unspecified atom stereocenters. The summed E-state index contributed by atoms with van der Waals surface area (Å²) < 4.78 is 5.72. The van der Waals surface area contributed by atoms with Crippen LogP contribution in [0.4, 0.5) is 10.5 Å². The van der Waals surface area contributed by atoms with Crippen molar-refractivity contribution in [3.05, 3.63) is 58.6 Å². The molecule has 0 aliphatic carbocycles. The molecule has 7 nitrogen and oxygen atoms in total. The summed E-state index contributed by atoms with van der Waals surface area (Å²) in [6.07, 6.45) is -0.756. The van der Waals surface area contributed by atoms with Crippen LogP contribution in [0.25, 0.3) is 0 Å². The molecular formula is C20H20ClN3O4. The zero-order valence-corrected chi connectivity index (χ0v) is 16.4. The van der Waals surface area contributed by atoms with Crippen molar-refractivity contribution in [1.29, 1.82) is 0 Å². The highest BCUT2D eigenvalue weighted by Gasteiger charge is 2.43. The number of halogens is 1. The first-order valence-corrected chi connectivity index (χ1v) is 9.04. The number of rotatable bonds is 5. The molecule has 0 radical (unpaired) electrons. The second-order valence-electron chi connectivity index (χ2n) is 6.77. The first-order chi connectivity index (χ1) is 13.2. The number of hydrogen-bond donors (Lipinski definition) is 3. The van der Waals surface area contributed by atoms with E-state index in [1.807, 2.05) is 6.92 Å². The summed E-state index contributed by atoms with van der Waals surface area (Å²) in [6, 6.07) is 11.3. The Kier molecular flexibility index (Phi) is 5.29. The fourth-order valence-corrected chi connectivity index (χ4v) is 3.11. The lowest BCUT2D eigenvalue weighted by molar-refractivity contribution is -0.123. The van der Waals surface area contributed by atoms with Crippen molar-refractivity contribution in [3.8, 4) is 5.75 Å². The predicted molar refractivity (Wildman–Crippen MR) is 105 cm³/mol. The highest BCUT2D eigenvalue weighted by Crippen LogP contribution is 2.27. The lowest BCUT2D eigenvalue weighted by Gasteiger charge is -2.22. The van der Waals surface area contributed by atoms with Crippen LogP contribution >= 0.6 is 11.6 Å². The predicted octanol–water partition coefficient (Wildman–Crippen LogP) is 3.11. The molecule has 2 aromatic rings. The fraction of sp³-hybridized carbons (Fsp3) is 0.250. The number of anilines is 1. The Labute approximate surface area is 167 Å². The minimum Gasteiger partial charge on any atom is -0.481 e. The summed E-state index contributed by atoms with van der Waals surface area (Å²) in [6.45, 7) is 5.08. The molecule has 1 saturated heterocycles. The molecule has 0 aromatic heterocycles. The van der Waals surface area contributed by atoms with Crippen LogP contribution in [-0.2, 0) is 15.1 Å². The van der Waals surface area contributed by atoms with Crippen LogP contribution in [0.2, 0.25) is 5.02 Å². The summed E-state index contributed by atoms with van der Waals surface area (Å²) >= 11 is 5.93. The molecule has 1 aliphatic rings. The van der Waals surface area contributed by atoms with Gasteiger partial charge in [-0.1, -0.05) is 23.7 Å². The van der Waals surface area contributed by atoms with E-state index in [2.05, 4.69) is 16.0 Å². The van der Waals surface area contributed by atoms with Crippen molar-refractivity contribution >= 4 is 35.1 Å². The second kappa shape index (κ2) is 7.52. The second-order valence-corrected chi connectivity index (χ2v) is 7.21.